The van der Waals surface area contributed by atoms with E-state index >= 15 is 0 Å². The van der Waals surface area contributed by atoms with E-state index in [1.807, 2.05) is 0 Å². The van der Waals surface area contributed by atoms with Crippen LogP contribution in [0.2, 0.25) is 0 Å². The van der Waals surface area contributed by atoms with Crippen LogP contribution in [-0.2, 0) is 10.0 Å². The predicted octanol–water partition coefficient (Wildman–Crippen LogP) is 2.99. The monoisotopic (exact) mass is 319 g/mol. The van der Waals surface area contributed by atoms with Crippen molar-refractivity contribution in [3.63, 3.8) is 0 Å². The Bertz CT molecular complexity index is 917. The lowest BCUT2D eigenvalue weighted by Crippen LogP contribution is -2.14. The third kappa shape index (κ3) is 2.70. The molecule has 108 valence electrons. The molecule has 3 N–H and O–H groups in total. The van der Waals surface area contributed by atoms with Crippen LogP contribution < -0.4 is 10.5 Å². The minimum Gasteiger partial charge on any atom is -0.399 e. The fourth-order valence-electron chi connectivity index (χ4n) is 2.03. The highest BCUT2D eigenvalue weighted by molar-refractivity contribution is 7.92. The number of nitrogens with one attached hydrogen (secondary N) is 1. The third-order valence-electron chi connectivity index (χ3n) is 3.09. The van der Waals surface area contributed by atoms with Gasteiger partial charge in [0.1, 0.15) is 0 Å². The average Bonchev–Trinajstić information content (AvgIpc) is 2.88. The van der Waals surface area contributed by atoms with Crippen LogP contribution in [0.3, 0.4) is 0 Å². The van der Waals surface area contributed by atoms with Crippen LogP contribution in [0.15, 0.2) is 46.8 Å². The largest absolute Gasteiger partial charge is 0.399 e. The van der Waals surface area contributed by atoms with Crippen LogP contribution >= 0.6 is 11.3 Å². The molecular weight excluding hydrogens is 306 g/mol. The first kappa shape index (κ1) is 13.8. The number of aromatic nitrogens is 1. The van der Waals surface area contributed by atoms with Gasteiger partial charge in [-0.25, -0.2) is 13.4 Å². The Balaban J connectivity index is 2.00. The van der Waals surface area contributed by atoms with Gasteiger partial charge in [-0.3, -0.25) is 4.72 Å². The van der Waals surface area contributed by atoms with Crippen molar-refractivity contribution in [3.8, 4) is 0 Å². The summed E-state index contributed by atoms with van der Waals surface area (Å²) in [5.41, 5.74) is 9.83. The van der Waals surface area contributed by atoms with E-state index in [-0.39, 0.29) is 4.90 Å². The zero-order chi connectivity index (χ0) is 15.0. The molecule has 0 radical (unpaired) electrons. The lowest BCUT2D eigenvalue weighted by Gasteiger charge is -2.11. The number of benzene rings is 2. The number of rotatable bonds is 3. The van der Waals surface area contributed by atoms with Gasteiger partial charge in [0, 0.05) is 5.69 Å². The van der Waals surface area contributed by atoms with Gasteiger partial charge in [0.2, 0.25) is 0 Å². The van der Waals surface area contributed by atoms with E-state index in [4.69, 9.17) is 5.73 Å². The Hall–Kier alpha value is -2.12. The van der Waals surface area contributed by atoms with Crippen LogP contribution in [0.4, 0.5) is 11.4 Å². The molecule has 21 heavy (non-hydrogen) atoms. The second kappa shape index (κ2) is 5.01. The van der Waals surface area contributed by atoms with Gasteiger partial charge in [-0.05, 0) is 42.8 Å². The molecule has 3 aromatic rings. The molecule has 0 unspecified atom stereocenters. The minimum absolute atomic E-state index is 0.187. The number of thiazole rings is 1. The summed E-state index contributed by atoms with van der Waals surface area (Å²) in [4.78, 5) is 4.35. The summed E-state index contributed by atoms with van der Waals surface area (Å²) in [7, 11) is -3.66. The zero-order valence-electron chi connectivity index (χ0n) is 11.2. The van der Waals surface area contributed by atoms with Crippen molar-refractivity contribution in [3.05, 3.63) is 47.5 Å². The fraction of sp³-hybridized carbons (Fsp3) is 0.0714. The summed E-state index contributed by atoms with van der Waals surface area (Å²) < 4.78 is 28.5. The maximum atomic E-state index is 12.5. The number of fused-ring (bicyclic) bond motifs is 1. The van der Waals surface area contributed by atoms with Gasteiger partial charge in [0.15, 0.2) is 0 Å². The van der Waals surface area contributed by atoms with Gasteiger partial charge in [-0.2, -0.15) is 0 Å². The Kier molecular flexibility index (Phi) is 3.30. The molecule has 3 rings (SSSR count). The van der Waals surface area contributed by atoms with E-state index < -0.39 is 10.0 Å². The van der Waals surface area contributed by atoms with Gasteiger partial charge < -0.3 is 5.73 Å². The number of anilines is 2. The predicted molar refractivity (Wildman–Crippen MR) is 86.0 cm³/mol. The SMILES string of the molecule is Cc1ccc(N)cc1S(=O)(=O)Nc1ccc2ncsc2c1. The molecular formula is C14H13N3O2S2. The van der Waals surface area contributed by atoms with Crippen LogP contribution in [0, 0.1) is 6.92 Å². The molecule has 0 spiro atoms. The lowest BCUT2D eigenvalue weighted by molar-refractivity contribution is 0.600. The number of nitrogens with zero attached hydrogens (tertiary/aromatic N) is 1. The van der Waals surface area contributed by atoms with Crippen LogP contribution in [0.1, 0.15) is 5.56 Å². The summed E-state index contributed by atoms with van der Waals surface area (Å²) >= 11 is 1.46. The highest BCUT2D eigenvalue weighted by atomic mass is 32.2. The number of nitrogens with two attached hydrogens (primary N) is 1. The molecule has 0 aliphatic carbocycles. The van der Waals surface area contributed by atoms with Crippen molar-refractivity contribution in [2.24, 2.45) is 0 Å². The highest BCUT2D eigenvalue weighted by Gasteiger charge is 2.17. The Morgan fingerprint density at radius 3 is 2.81 bits per heavy atom. The molecule has 0 aliphatic heterocycles. The van der Waals surface area contributed by atoms with E-state index in [1.54, 1.807) is 42.8 Å². The number of sulfonamides is 1. The van der Waals surface area contributed by atoms with Crippen molar-refractivity contribution in [1.29, 1.82) is 0 Å². The molecule has 1 aromatic heterocycles. The van der Waals surface area contributed by atoms with E-state index in [1.165, 1.54) is 17.4 Å². The van der Waals surface area contributed by atoms with Crippen molar-refractivity contribution in [2.45, 2.75) is 11.8 Å². The van der Waals surface area contributed by atoms with E-state index in [2.05, 4.69) is 9.71 Å². The van der Waals surface area contributed by atoms with Crippen LogP contribution in [-0.4, -0.2) is 13.4 Å². The molecule has 0 atom stereocenters. The lowest BCUT2D eigenvalue weighted by atomic mass is 10.2. The number of aryl methyl sites for hydroxylation is 1. The molecule has 7 heteroatoms. The Labute approximate surface area is 126 Å². The molecule has 0 bridgehead atoms. The molecule has 5 nitrogen and oxygen atoms in total. The smallest absolute Gasteiger partial charge is 0.262 e. The van der Waals surface area contributed by atoms with Gasteiger partial charge in [0.25, 0.3) is 10.0 Å². The molecule has 0 fully saturated rings. The standard InChI is InChI=1S/C14H13N3O2S2/c1-9-2-3-10(15)6-14(9)21(18,19)17-11-4-5-12-13(7-11)20-8-16-12/h2-8,17H,15H2,1H3. The highest BCUT2D eigenvalue weighted by Crippen LogP contribution is 2.25. The second-order valence-corrected chi connectivity index (χ2v) is 7.20. The van der Waals surface area contributed by atoms with Crippen molar-refractivity contribution in [2.75, 3.05) is 10.5 Å². The Morgan fingerprint density at radius 1 is 1.19 bits per heavy atom. The third-order valence-corrected chi connectivity index (χ3v) is 5.40. The molecule has 1 heterocycles. The Morgan fingerprint density at radius 2 is 2.00 bits per heavy atom. The maximum Gasteiger partial charge on any atom is 0.262 e. The van der Waals surface area contributed by atoms with Crippen molar-refractivity contribution < 1.29 is 8.42 Å². The normalized spacial score (nSPS) is 11.7. The molecule has 0 saturated carbocycles. The topological polar surface area (TPSA) is 85.1 Å². The van der Waals surface area contributed by atoms with Gasteiger partial charge in [-0.15, -0.1) is 11.3 Å². The van der Waals surface area contributed by atoms with E-state index in [0.717, 1.165) is 10.2 Å². The number of nitrogen functional groups attached to an aromatic ring is 1. The summed E-state index contributed by atoms with van der Waals surface area (Å²) in [6, 6.07) is 10.1. The minimum atomic E-state index is -3.66. The van der Waals surface area contributed by atoms with Crippen LogP contribution in [0.5, 0.6) is 0 Å². The fourth-order valence-corrected chi connectivity index (χ4v) is 4.08. The molecule has 0 amide bonds. The summed E-state index contributed by atoms with van der Waals surface area (Å²) in [5.74, 6) is 0. The molecule has 0 saturated heterocycles. The zero-order valence-corrected chi connectivity index (χ0v) is 12.8. The van der Waals surface area contributed by atoms with Gasteiger partial charge >= 0.3 is 0 Å². The molecule has 2 aromatic carbocycles. The maximum absolute atomic E-state index is 12.5. The quantitative estimate of drug-likeness (QED) is 0.727. The first-order valence-corrected chi connectivity index (χ1v) is 8.54. The van der Waals surface area contributed by atoms with Gasteiger partial charge in [-0.1, -0.05) is 6.07 Å². The first-order chi connectivity index (χ1) is 9.95. The first-order valence-electron chi connectivity index (χ1n) is 6.18. The summed E-state index contributed by atoms with van der Waals surface area (Å²) in [6.45, 7) is 1.74. The summed E-state index contributed by atoms with van der Waals surface area (Å²) in [5, 5.41) is 0. The van der Waals surface area contributed by atoms with E-state index in [0.29, 0.717) is 16.9 Å². The molecule has 0 aliphatic rings. The van der Waals surface area contributed by atoms with Gasteiger partial charge in [0.05, 0.1) is 26.3 Å². The number of hydrogen-bond acceptors (Lipinski definition) is 5. The second-order valence-electron chi connectivity index (χ2n) is 4.67. The van der Waals surface area contributed by atoms with Crippen molar-refractivity contribution >= 4 is 43.0 Å². The van der Waals surface area contributed by atoms with Crippen molar-refractivity contribution in [1.82, 2.24) is 4.98 Å². The van der Waals surface area contributed by atoms with Crippen LogP contribution in [0.25, 0.3) is 10.2 Å². The van der Waals surface area contributed by atoms with E-state index in [9.17, 15) is 8.42 Å². The average molecular weight is 319 g/mol. The summed E-state index contributed by atoms with van der Waals surface area (Å²) in [6.07, 6.45) is 0. The number of hydrogen-bond donors (Lipinski definition) is 2.